The summed E-state index contributed by atoms with van der Waals surface area (Å²) in [6, 6.07) is 9.72. The third-order valence-corrected chi connectivity index (χ3v) is 4.32. The molecule has 6 heteroatoms. The third-order valence-electron chi connectivity index (χ3n) is 3.44. The van der Waals surface area contributed by atoms with E-state index in [0.29, 0.717) is 23.2 Å². The summed E-state index contributed by atoms with van der Waals surface area (Å²) in [5.74, 6) is -0.859. The summed E-state index contributed by atoms with van der Waals surface area (Å²) in [4.78, 5) is 28.3. The van der Waals surface area contributed by atoms with Crippen molar-refractivity contribution < 1.29 is 9.90 Å². The molecule has 0 amide bonds. The predicted octanol–water partition coefficient (Wildman–Crippen LogP) is 2.99. The van der Waals surface area contributed by atoms with Gasteiger partial charge in [-0.2, -0.15) is 0 Å². The van der Waals surface area contributed by atoms with Crippen LogP contribution in [-0.4, -0.2) is 20.6 Å². The minimum absolute atomic E-state index is 0.0413. The van der Waals surface area contributed by atoms with Gasteiger partial charge in [-0.1, -0.05) is 30.3 Å². The number of hydrogen-bond donors (Lipinski definition) is 1. The fourth-order valence-corrected chi connectivity index (χ4v) is 3.26. The zero-order valence-corrected chi connectivity index (χ0v) is 12.5. The van der Waals surface area contributed by atoms with Crippen LogP contribution in [0.25, 0.3) is 21.3 Å². The van der Waals surface area contributed by atoms with Crippen molar-refractivity contribution in [3.8, 4) is 11.1 Å². The van der Waals surface area contributed by atoms with Crippen molar-refractivity contribution in [1.29, 1.82) is 0 Å². The van der Waals surface area contributed by atoms with E-state index in [1.807, 2.05) is 35.7 Å². The number of aliphatic carboxylic acids is 1. The SMILES string of the molecule is O=C(O)CCCn1cnc2scc(-c3ccccc3)c2c1=O. The second-order valence-electron chi connectivity index (χ2n) is 4.94. The van der Waals surface area contributed by atoms with Gasteiger partial charge in [0.25, 0.3) is 5.56 Å². The van der Waals surface area contributed by atoms with Gasteiger partial charge in [-0.05, 0) is 12.0 Å². The van der Waals surface area contributed by atoms with Crippen LogP contribution in [0.2, 0.25) is 0 Å². The first-order valence-corrected chi connectivity index (χ1v) is 7.78. The fraction of sp³-hybridized carbons (Fsp3) is 0.188. The lowest BCUT2D eigenvalue weighted by Crippen LogP contribution is -2.20. The molecule has 0 fully saturated rings. The molecule has 22 heavy (non-hydrogen) atoms. The number of rotatable bonds is 5. The standard InChI is InChI=1S/C16H14N2O3S/c19-13(20)7-4-8-18-10-17-15-14(16(18)21)12(9-22-15)11-5-2-1-3-6-11/h1-3,5-6,9-10H,4,7-8H2,(H,19,20). The highest BCUT2D eigenvalue weighted by Crippen LogP contribution is 2.30. The lowest BCUT2D eigenvalue weighted by molar-refractivity contribution is -0.137. The number of carboxylic acids is 1. The van der Waals surface area contributed by atoms with E-state index in [1.165, 1.54) is 22.2 Å². The number of hydrogen-bond acceptors (Lipinski definition) is 4. The maximum atomic E-state index is 12.6. The predicted molar refractivity (Wildman–Crippen MR) is 86.2 cm³/mol. The van der Waals surface area contributed by atoms with Crippen LogP contribution in [0.3, 0.4) is 0 Å². The van der Waals surface area contributed by atoms with Gasteiger partial charge < -0.3 is 5.11 Å². The molecule has 0 aliphatic carbocycles. The molecule has 2 heterocycles. The average Bonchev–Trinajstić information content (AvgIpc) is 2.95. The molecule has 0 aliphatic rings. The van der Waals surface area contributed by atoms with E-state index in [-0.39, 0.29) is 12.0 Å². The average molecular weight is 314 g/mol. The number of aromatic nitrogens is 2. The van der Waals surface area contributed by atoms with Crippen molar-refractivity contribution in [3.63, 3.8) is 0 Å². The molecular formula is C16H14N2O3S. The molecular weight excluding hydrogens is 300 g/mol. The molecule has 3 aromatic rings. The van der Waals surface area contributed by atoms with Crippen molar-refractivity contribution >= 4 is 27.5 Å². The van der Waals surface area contributed by atoms with Crippen LogP contribution in [0.5, 0.6) is 0 Å². The Kier molecular flexibility index (Phi) is 4.02. The minimum Gasteiger partial charge on any atom is -0.481 e. The summed E-state index contributed by atoms with van der Waals surface area (Å²) in [6.45, 7) is 0.359. The number of carboxylic acid groups (broad SMARTS) is 1. The second-order valence-corrected chi connectivity index (χ2v) is 5.79. The zero-order chi connectivity index (χ0) is 15.5. The Morgan fingerprint density at radius 1 is 1.27 bits per heavy atom. The Labute approximate surface area is 130 Å². The van der Waals surface area contributed by atoms with Crippen molar-refractivity contribution in [2.45, 2.75) is 19.4 Å². The molecule has 0 spiro atoms. The van der Waals surface area contributed by atoms with Crippen LogP contribution >= 0.6 is 11.3 Å². The van der Waals surface area contributed by atoms with E-state index in [4.69, 9.17) is 5.11 Å². The highest BCUT2D eigenvalue weighted by Gasteiger charge is 2.13. The molecule has 2 aromatic heterocycles. The van der Waals surface area contributed by atoms with Crippen LogP contribution in [0.4, 0.5) is 0 Å². The lowest BCUT2D eigenvalue weighted by atomic mass is 10.1. The van der Waals surface area contributed by atoms with Gasteiger partial charge in [-0.25, -0.2) is 4.98 Å². The van der Waals surface area contributed by atoms with Gasteiger partial charge >= 0.3 is 5.97 Å². The summed E-state index contributed by atoms with van der Waals surface area (Å²) in [5.41, 5.74) is 1.75. The van der Waals surface area contributed by atoms with Crippen LogP contribution < -0.4 is 5.56 Å². The van der Waals surface area contributed by atoms with Gasteiger partial charge in [-0.15, -0.1) is 11.3 Å². The van der Waals surface area contributed by atoms with Gasteiger partial charge in [0.1, 0.15) is 4.83 Å². The number of aryl methyl sites for hydroxylation is 1. The largest absolute Gasteiger partial charge is 0.481 e. The normalized spacial score (nSPS) is 10.9. The number of fused-ring (bicyclic) bond motifs is 1. The first kappa shape index (κ1) is 14.5. The fourth-order valence-electron chi connectivity index (χ4n) is 2.36. The van der Waals surface area contributed by atoms with Gasteiger partial charge in [0.15, 0.2) is 0 Å². The molecule has 0 atom stereocenters. The lowest BCUT2D eigenvalue weighted by Gasteiger charge is -2.05. The Hall–Kier alpha value is -2.47. The van der Waals surface area contributed by atoms with Crippen molar-refractivity contribution in [2.75, 3.05) is 0 Å². The molecule has 0 bridgehead atoms. The molecule has 1 N–H and O–H groups in total. The monoisotopic (exact) mass is 314 g/mol. The van der Waals surface area contributed by atoms with Gasteiger partial charge in [-0.3, -0.25) is 14.2 Å². The summed E-state index contributed by atoms with van der Waals surface area (Å²) in [5, 5.41) is 11.2. The molecule has 5 nitrogen and oxygen atoms in total. The minimum atomic E-state index is -0.859. The summed E-state index contributed by atoms with van der Waals surface area (Å²) >= 11 is 1.44. The smallest absolute Gasteiger partial charge is 0.303 e. The van der Waals surface area contributed by atoms with E-state index >= 15 is 0 Å². The Bertz CT molecular complexity index is 868. The van der Waals surface area contributed by atoms with Crippen molar-refractivity contribution in [2.24, 2.45) is 0 Å². The molecule has 0 radical (unpaired) electrons. The van der Waals surface area contributed by atoms with Crippen molar-refractivity contribution in [1.82, 2.24) is 9.55 Å². The van der Waals surface area contributed by atoms with Gasteiger partial charge in [0, 0.05) is 23.9 Å². The Morgan fingerprint density at radius 3 is 2.77 bits per heavy atom. The number of thiophene rings is 1. The van der Waals surface area contributed by atoms with Gasteiger partial charge in [0.05, 0.1) is 11.7 Å². The molecule has 3 rings (SSSR count). The van der Waals surface area contributed by atoms with E-state index in [0.717, 1.165) is 11.1 Å². The molecule has 0 unspecified atom stereocenters. The third kappa shape index (κ3) is 2.78. The number of benzene rings is 1. The van der Waals surface area contributed by atoms with Crippen LogP contribution in [0.15, 0.2) is 46.8 Å². The van der Waals surface area contributed by atoms with E-state index < -0.39 is 5.97 Å². The second kappa shape index (κ2) is 6.11. The van der Waals surface area contributed by atoms with Crippen LogP contribution in [0, 0.1) is 0 Å². The first-order valence-electron chi connectivity index (χ1n) is 6.90. The van der Waals surface area contributed by atoms with E-state index in [1.54, 1.807) is 0 Å². The zero-order valence-electron chi connectivity index (χ0n) is 11.7. The van der Waals surface area contributed by atoms with Gasteiger partial charge in [0.2, 0.25) is 0 Å². The Morgan fingerprint density at radius 2 is 2.05 bits per heavy atom. The topological polar surface area (TPSA) is 72.2 Å². The molecule has 0 aliphatic heterocycles. The quantitative estimate of drug-likeness (QED) is 0.786. The maximum absolute atomic E-state index is 12.6. The van der Waals surface area contributed by atoms with Crippen molar-refractivity contribution in [3.05, 3.63) is 52.4 Å². The molecule has 1 aromatic carbocycles. The Balaban J connectivity index is 2.02. The maximum Gasteiger partial charge on any atom is 0.303 e. The molecule has 0 saturated carbocycles. The number of nitrogens with zero attached hydrogens (tertiary/aromatic N) is 2. The summed E-state index contributed by atoms with van der Waals surface area (Å²) in [6.07, 6.45) is 1.95. The highest BCUT2D eigenvalue weighted by atomic mass is 32.1. The van der Waals surface area contributed by atoms with E-state index in [2.05, 4.69) is 4.98 Å². The highest BCUT2D eigenvalue weighted by molar-refractivity contribution is 7.17. The van der Waals surface area contributed by atoms with Crippen LogP contribution in [-0.2, 0) is 11.3 Å². The van der Waals surface area contributed by atoms with Crippen LogP contribution in [0.1, 0.15) is 12.8 Å². The molecule has 0 saturated heterocycles. The molecule has 112 valence electrons. The summed E-state index contributed by atoms with van der Waals surface area (Å²) in [7, 11) is 0. The first-order chi connectivity index (χ1) is 10.7. The number of carbonyl (C=O) groups is 1. The van der Waals surface area contributed by atoms with E-state index in [9.17, 15) is 9.59 Å². The summed E-state index contributed by atoms with van der Waals surface area (Å²) < 4.78 is 1.49.